The minimum absolute atomic E-state index is 0.140. The van der Waals surface area contributed by atoms with Crippen LogP contribution in [0.25, 0.3) is 11.1 Å². The zero-order chi connectivity index (χ0) is 23.1. The average Bonchev–Trinajstić information content (AvgIpc) is 2.83. The van der Waals surface area contributed by atoms with Crippen molar-refractivity contribution in [1.29, 1.82) is 0 Å². The van der Waals surface area contributed by atoms with E-state index in [2.05, 4.69) is 10.6 Å². The lowest BCUT2D eigenvalue weighted by Gasteiger charge is -2.24. The van der Waals surface area contributed by atoms with E-state index in [0.717, 1.165) is 11.1 Å². The van der Waals surface area contributed by atoms with E-state index in [0.29, 0.717) is 22.7 Å². The summed E-state index contributed by atoms with van der Waals surface area (Å²) >= 11 is 0. The maximum atomic E-state index is 12.3. The van der Waals surface area contributed by atoms with Crippen LogP contribution in [0.4, 0.5) is 5.69 Å². The molecule has 2 amide bonds. The lowest BCUT2D eigenvalue weighted by molar-refractivity contribution is -0.136. The Hall–Kier alpha value is -3.84. The number of methoxy groups -OCH3 is 2. The third-order valence-corrected chi connectivity index (χ3v) is 5.07. The second kappa shape index (κ2) is 9.98. The number of aliphatic hydroxyl groups is 1. The largest absolute Gasteiger partial charge is 0.497 e. The van der Waals surface area contributed by atoms with Gasteiger partial charge in [0.25, 0.3) is 0 Å². The minimum atomic E-state index is -1.36. The smallest absolute Gasteiger partial charge is 0.313 e. The number of carbonyl (C=O) groups is 2. The summed E-state index contributed by atoms with van der Waals surface area (Å²) in [5, 5.41) is 15.8. The molecule has 32 heavy (non-hydrogen) atoms. The Kier molecular flexibility index (Phi) is 7.12. The summed E-state index contributed by atoms with van der Waals surface area (Å²) in [6, 6.07) is 22.1. The fourth-order valence-electron chi connectivity index (χ4n) is 3.18. The number of hydrogen-bond donors (Lipinski definition) is 3. The van der Waals surface area contributed by atoms with Crippen molar-refractivity contribution in [2.24, 2.45) is 0 Å². The molecule has 3 rings (SSSR count). The van der Waals surface area contributed by atoms with Gasteiger partial charge < -0.3 is 25.2 Å². The van der Waals surface area contributed by atoms with Gasteiger partial charge in [-0.15, -0.1) is 0 Å². The second-order valence-electron chi connectivity index (χ2n) is 7.42. The first-order valence-corrected chi connectivity index (χ1v) is 10.0. The topological polar surface area (TPSA) is 96.9 Å². The minimum Gasteiger partial charge on any atom is -0.497 e. The fraction of sp³-hybridized carbons (Fsp3) is 0.200. The Morgan fingerprint density at radius 2 is 1.53 bits per heavy atom. The maximum Gasteiger partial charge on any atom is 0.313 e. The summed E-state index contributed by atoms with van der Waals surface area (Å²) in [4.78, 5) is 24.6. The molecule has 0 fully saturated rings. The third kappa shape index (κ3) is 5.44. The van der Waals surface area contributed by atoms with Gasteiger partial charge in [0, 0.05) is 6.07 Å². The summed E-state index contributed by atoms with van der Waals surface area (Å²) in [5.74, 6) is -0.872. The Morgan fingerprint density at radius 3 is 2.16 bits per heavy atom. The summed E-state index contributed by atoms with van der Waals surface area (Å²) < 4.78 is 10.3. The SMILES string of the molecule is COc1ccc(OC)c(NC(=O)C(=O)NCC(C)(O)c2ccc(-c3ccccc3)cc2)c1. The van der Waals surface area contributed by atoms with E-state index in [-0.39, 0.29) is 6.54 Å². The molecule has 0 heterocycles. The molecular formula is C25H26N2O5. The fourth-order valence-corrected chi connectivity index (χ4v) is 3.18. The molecule has 1 unspecified atom stereocenters. The number of anilines is 1. The van der Waals surface area contributed by atoms with Crippen LogP contribution in [0, 0.1) is 0 Å². The molecule has 0 aromatic heterocycles. The normalized spacial score (nSPS) is 12.4. The van der Waals surface area contributed by atoms with Gasteiger partial charge in [-0.05, 0) is 35.7 Å². The number of benzene rings is 3. The van der Waals surface area contributed by atoms with Crippen molar-refractivity contribution in [3.63, 3.8) is 0 Å². The lowest BCUT2D eigenvalue weighted by atomic mass is 9.93. The Balaban J connectivity index is 1.62. The summed E-state index contributed by atoms with van der Waals surface area (Å²) in [6.07, 6.45) is 0. The molecule has 0 aliphatic carbocycles. The van der Waals surface area contributed by atoms with Crippen molar-refractivity contribution in [2.45, 2.75) is 12.5 Å². The highest BCUT2D eigenvalue weighted by Crippen LogP contribution is 2.29. The first kappa shape index (κ1) is 22.8. The maximum absolute atomic E-state index is 12.3. The molecule has 3 aromatic carbocycles. The Labute approximate surface area is 187 Å². The molecule has 166 valence electrons. The van der Waals surface area contributed by atoms with Gasteiger partial charge in [-0.25, -0.2) is 0 Å². The first-order chi connectivity index (χ1) is 15.3. The lowest BCUT2D eigenvalue weighted by Crippen LogP contribution is -2.43. The molecular weight excluding hydrogens is 408 g/mol. The molecule has 7 heteroatoms. The van der Waals surface area contributed by atoms with Crippen LogP contribution in [-0.2, 0) is 15.2 Å². The predicted octanol–water partition coefficient (Wildman–Crippen LogP) is 3.33. The molecule has 0 saturated carbocycles. The van der Waals surface area contributed by atoms with E-state index in [4.69, 9.17) is 9.47 Å². The van der Waals surface area contributed by atoms with Crippen molar-refractivity contribution in [1.82, 2.24) is 5.32 Å². The van der Waals surface area contributed by atoms with E-state index >= 15 is 0 Å². The monoisotopic (exact) mass is 434 g/mol. The molecule has 7 nitrogen and oxygen atoms in total. The summed E-state index contributed by atoms with van der Waals surface area (Å²) in [7, 11) is 2.95. The average molecular weight is 434 g/mol. The molecule has 0 aliphatic heterocycles. The van der Waals surface area contributed by atoms with E-state index in [1.165, 1.54) is 14.2 Å². The Morgan fingerprint density at radius 1 is 0.875 bits per heavy atom. The van der Waals surface area contributed by atoms with Gasteiger partial charge in [-0.2, -0.15) is 0 Å². The molecule has 1 atom stereocenters. The van der Waals surface area contributed by atoms with Crippen molar-refractivity contribution in [3.05, 3.63) is 78.4 Å². The molecule has 3 N–H and O–H groups in total. The van der Waals surface area contributed by atoms with Gasteiger partial charge in [0.2, 0.25) is 0 Å². The van der Waals surface area contributed by atoms with Crippen LogP contribution < -0.4 is 20.1 Å². The number of carbonyl (C=O) groups excluding carboxylic acids is 2. The highest BCUT2D eigenvalue weighted by Gasteiger charge is 2.26. The highest BCUT2D eigenvalue weighted by atomic mass is 16.5. The van der Waals surface area contributed by atoms with Gasteiger partial charge >= 0.3 is 11.8 Å². The van der Waals surface area contributed by atoms with Gasteiger partial charge in [0.15, 0.2) is 0 Å². The summed E-state index contributed by atoms with van der Waals surface area (Å²) in [6.45, 7) is 1.44. The van der Waals surface area contributed by atoms with Gasteiger partial charge in [-0.1, -0.05) is 54.6 Å². The quantitative estimate of drug-likeness (QED) is 0.496. The van der Waals surface area contributed by atoms with Gasteiger partial charge in [0.1, 0.15) is 17.1 Å². The van der Waals surface area contributed by atoms with Crippen molar-refractivity contribution < 1.29 is 24.2 Å². The van der Waals surface area contributed by atoms with Gasteiger partial charge in [-0.3, -0.25) is 9.59 Å². The molecule has 0 spiro atoms. The number of hydrogen-bond acceptors (Lipinski definition) is 5. The van der Waals surface area contributed by atoms with Crippen LogP contribution in [0.3, 0.4) is 0 Å². The highest BCUT2D eigenvalue weighted by molar-refractivity contribution is 6.39. The second-order valence-corrected chi connectivity index (χ2v) is 7.42. The number of amides is 2. The first-order valence-electron chi connectivity index (χ1n) is 10.0. The van der Waals surface area contributed by atoms with Crippen LogP contribution in [-0.4, -0.2) is 37.7 Å². The summed E-state index contributed by atoms with van der Waals surface area (Å²) in [5.41, 5.74) is 1.64. The predicted molar refractivity (Wildman–Crippen MR) is 123 cm³/mol. The van der Waals surface area contributed by atoms with Crippen LogP contribution >= 0.6 is 0 Å². The molecule has 0 aliphatic rings. The number of rotatable bonds is 7. The van der Waals surface area contributed by atoms with Crippen molar-refractivity contribution >= 4 is 17.5 Å². The van der Waals surface area contributed by atoms with E-state index in [1.54, 1.807) is 37.3 Å². The van der Waals surface area contributed by atoms with Crippen molar-refractivity contribution in [2.75, 3.05) is 26.1 Å². The van der Waals surface area contributed by atoms with E-state index in [1.807, 2.05) is 42.5 Å². The van der Waals surface area contributed by atoms with Crippen molar-refractivity contribution in [3.8, 4) is 22.6 Å². The molecule has 3 aromatic rings. The standard InChI is InChI=1S/C25H26N2O5/c1-25(30,19-11-9-18(10-12-19)17-7-5-4-6-8-17)16-26-23(28)24(29)27-21-15-20(31-2)13-14-22(21)32-3/h4-15,30H,16H2,1-3H3,(H,26,28)(H,27,29). The molecule has 0 bridgehead atoms. The van der Waals surface area contributed by atoms with Crippen LogP contribution in [0.5, 0.6) is 11.5 Å². The van der Waals surface area contributed by atoms with Crippen LogP contribution in [0.1, 0.15) is 12.5 Å². The van der Waals surface area contributed by atoms with Crippen LogP contribution in [0.15, 0.2) is 72.8 Å². The van der Waals surface area contributed by atoms with Gasteiger partial charge in [0.05, 0.1) is 26.5 Å². The third-order valence-electron chi connectivity index (χ3n) is 5.07. The molecule has 0 radical (unpaired) electrons. The Bertz CT molecular complexity index is 1080. The van der Waals surface area contributed by atoms with E-state index < -0.39 is 17.4 Å². The zero-order valence-electron chi connectivity index (χ0n) is 18.2. The van der Waals surface area contributed by atoms with Crippen LogP contribution in [0.2, 0.25) is 0 Å². The molecule has 0 saturated heterocycles. The zero-order valence-corrected chi connectivity index (χ0v) is 18.2. The number of ether oxygens (including phenoxy) is 2. The number of nitrogens with one attached hydrogen (secondary N) is 2. The van der Waals surface area contributed by atoms with E-state index in [9.17, 15) is 14.7 Å².